The number of hydrogen-bond acceptors (Lipinski definition) is 3. The quantitative estimate of drug-likeness (QED) is 0.743. The summed E-state index contributed by atoms with van der Waals surface area (Å²) in [7, 11) is 0. The molecule has 1 aromatic rings. The lowest BCUT2D eigenvalue weighted by atomic mass is 10.2. The van der Waals surface area contributed by atoms with Gasteiger partial charge in [0.2, 0.25) is 0 Å². The Labute approximate surface area is 112 Å². The van der Waals surface area contributed by atoms with Gasteiger partial charge in [0.1, 0.15) is 17.9 Å². The third-order valence-electron chi connectivity index (χ3n) is 2.77. The maximum absolute atomic E-state index is 13.2. The first-order valence-corrected chi connectivity index (χ1v) is 6.23. The smallest absolute Gasteiger partial charge is 0.263 e. The molecule has 1 atom stereocenters. The largest absolute Gasteiger partial charge is 0.481 e. The SMILES string of the molecule is CCN(CC)C(=O)C(C)Oc1cc(F)cc(C=O)c1. The van der Waals surface area contributed by atoms with Crippen LogP contribution in [0.25, 0.3) is 0 Å². The number of carbonyl (C=O) groups excluding carboxylic acids is 2. The molecular weight excluding hydrogens is 249 g/mol. The Morgan fingerprint density at radius 3 is 2.53 bits per heavy atom. The van der Waals surface area contributed by atoms with Crippen LogP contribution in [0.15, 0.2) is 18.2 Å². The van der Waals surface area contributed by atoms with Gasteiger partial charge in [0, 0.05) is 24.7 Å². The molecule has 0 bridgehead atoms. The third kappa shape index (κ3) is 4.05. The maximum Gasteiger partial charge on any atom is 0.263 e. The van der Waals surface area contributed by atoms with Crippen molar-refractivity contribution in [3.8, 4) is 5.75 Å². The zero-order chi connectivity index (χ0) is 14.4. The van der Waals surface area contributed by atoms with E-state index in [0.29, 0.717) is 19.4 Å². The Kier molecular flexibility index (Phi) is 5.48. The van der Waals surface area contributed by atoms with E-state index in [1.165, 1.54) is 6.07 Å². The Hall–Kier alpha value is -1.91. The first-order valence-electron chi connectivity index (χ1n) is 6.23. The van der Waals surface area contributed by atoms with Crippen LogP contribution in [0, 0.1) is 5.82 Å². The van der Waals surface area contributed by atoms with Crippen LogP contribution < -0.4 is 4.74 Å². The minimum atomic E-state index is -0.721. The van der Waals surface area contributed by atoms with Crippen molar-refractivity contribution in [3.05, 3.63) is 29.6 Å². The van der Waals surface area contributed by atoms with Crippen molar-refractivity contribution in [2.45, 2.75) is 26.9 Å². The van der Waals surface area contributed by atoms with E-state index in [-0.39, 0.29) is 17.2 Å². The minimum absolute atomic E-state index is 0.165. The molecule has 4 nitrogen and oxygen atoms in total. The normalized spacial score (nSPS) is 11.8. The van der Waals surface area contributed by atoms with Crippen molar-refractivity contribution in [2.75, 3.05) is 13.1 Å². The zero-order valence-corrected chi connectivity index (χ0v) is 11.4. The van der Waals surface area contributed by atoms with E-state index in [2.05, 4.69) is 0 Å². The van der Waals surface area contributed by atoms with Gasteiger partial charge in [-0.15, -0.1) is 0 Å². The van der Waals surface area contributed by atoms with Crippen LogP contribution in [0.2, 0.25) is 0 Å². The van der Waals surface area contributed by atoms with Gasteiger partial charge in [0.25, 0.3) is 5.91 Å². The van der Waals surface area contributed by atoms with E-state index in [1.807, 2.05) is 13.8 Å². The molecule has 104 valence electrons. The predicted octanol–water partition coefficient (Wildman–Crippen LogP) is 2.27. The molecule has 0 aliphatic heterocycles. The summed E-state index contributed by atoms with van der Waals surface area (Å²) in [5.41, 5.74) is 0.178. The van der Waals surface area contributed by atoms with Crippen molar-refractivity contribution in [1.82, 2.24) is 4.90 Å². The number of benzene rings is 1. The fourth-order valence-corrected chi connectivity index (χ4v) is 1.77. The van der Waals surface area contributed by atoms with Gasteiger partial charge in [0.05, 0.1) is 0 Å². The molecule has 0 radical (unpaired) electrons. The lowest BCUT2D eigenvalue weighted by Crippen LogP contribution is -2.40. The number of nitrogens with zero attached hydrogens (tertiary/aromatic N) is 1. The molecule has 1 aromatic carbocycles. The monoisotopic (exact) mass is 267 g/mol. The second kappa shape index (κ2) is 6.87. The fourth-order valence-electron chi connectivity index (χ4n) is 1.77. The van der Waals surface area contributed by atoms with Gasteiger partial charge < -0.3 is 9.64 Å². The predicted molar refractivity (Wildman–Crippen MR) is 69.8 cm³/mol. The van der Waals surface area contributed by atoms with Crippen LogP contribution in [0.5, 0.6) is 5.75 Å². The van der Waals surface area contributed by atoms with Crippen molar-refractivity contribution in [1.29, 1.82) is 0 Å². The van der Waals surface area contributed by atoms with Crippen LogP contribution in [0.3, 0.4) is 0 Å². The molecule has 0 aliphatic rings. The van der Waals surface area contributed by atoms with Gasteiger partial charge >= 0.3 is 0 Å². The molecule has 19 heavy (non-hydrogen) atoms. The van der Waals surface area contributed by atoms with E-state index in [9.17, 15) is 14.0 Å². The molecular formula is C14H18FNO3. The highest BCUT2D eigenvalue weighted by molar-refractivity contribution is 5.81. The summed E-state index contributed by atoms with van der Waals surface area (Å²) in [4.78, 5) is 24.3. The Balaban J connectivity index is 2.81. The number of likely N-dealkylation sites (N-methyl/N-ethyl adjacent to an activating group) is 1. The average Bonchev–Trinajstić information content (AvgIpc) is 2.39. The van der Waals surface area contributed by atoms with Crippen LogP contribution in [-0.2, 0) is 4.79 Å². The van der Waals surface area contributed by atoms with Crippen molar-refractivity contribution < 1.29 is 18.7 Å². The minimum Gasteiger partial charge on any atom is -0.481 e. The number of ether oxygens (including phenoxy) is 1. The van der Waals surface area contributed by atoms with Crippen molar-refractivity contribution >= 4 is 12.2 Å². The molecule has 5 heteroatoms. The summed E-state index contributed by atoms with van der Waals surface area (Å²) >= 11 is 0. The second-order valence-corrected chi connectivity index (χ2v) is 4.11. The molecule has 0 spiro atoms. The number of hydrogen-bond donors (Lipinski definition) is 0. The number of amides is 1. The zero-order valence-electron chi connectivity index (χ0n) is 11.4. The van der Waals surface area contributed by atoms with Crippen LogP contribution in [0.4, 0.5) is 4.39 Å². The molecule has 0 N–H and O–H groups in total. The Morgan fingerprint density at radius 1 is 1.37 bits per heavy atom. The lowest BCUT2D eigenvalue weighted by Gasteiger charge is -2.23. The van der Waals surface area contributed by atoms with Crippen LogP contribution in [-0.4, -0.2) is 36.3 Å². The molecule has 1 amide bonds. The number of halogens is 1. The highest BCUT2D eigenvalue weighted by atomic mass is 19.1. The molecule has 0 saturated heterocycles. The number of carbonyl (C=O) groups is 2. The van der Waals surface area contributed by atoms with E-state index in [1.54, 1.807) is 11.8 Å². The highest BCUT2D eigenvalue weighted by Crippen LogP contribution is 2.17. The molecule has 1 rings (SSSR count). The standard InChI is InChI=1S/C14H18FNO3/c1-4-16(5-2)14(18)10(3)19-13-7-11(9-17)6-12(15)8-13/h6-10H,4-5H2,1-3H3. The summed E-state index contributed by atoms with van der Waals surface area (Å²) in [5.74, 6) is -0.556. The maximum atomic E-state index is 13.2. The van der Waals surface area contributed by atoms with E-state index >= 15 is 0 Å². The molecule has 0 saturated carbocycles. The summed E-state index contributed by atoms with van der Waals surface area (Å²) < 4.78 is 18.6. The van der Waals surface area contributed by atoms with E-state index in [0.717, 1.165) is 12.1 Å². The van der Waals surface area contributed by atoms with Gasteiger partial charge in [-0.2, -0.15) is 0 Å². The van der Waals surface area contributed by atoms with E-state index < -0.39 is 11.9 Å². The Bertz CT molecular complexity index is 458. The molecule has 0 aliphatic carbocycles. The van der Waals surface area contributed by atoms with Gasteiger partial charge in [-0.1, -0.05) is 0 Å². The van der Waals surface area contributed by atoms with E-state index in [4.69, 9.17) is 4.74 Å². The summed E-state index contributed by atoms with van der Waals surface area (Å²) in [6.45, 7) is 6.53. The number of aldehydes is 1. The second-order valence-electron chi connectivity index (χ2n) is 4.11. The first kappa shape index (κ1) is 15.1. The fraction of sp³-hybridized carbons (Fsp3) is 0.429. The number of rotatable bonds is 6. The van der Waals surface area contributed by atoms with Gasteiger partial charge in [-0.25, -0.2) is 4.39 Å². The Morgan fingerprint density at radius 2 is 2.00 bits per heavy atom. The van der Waals surface area contributed by atoms with Crippen molar-refractivity contribution in [3.63, 3.8) is 0 Å². The van der Waals surface area contributed by atoms with Crippen molar-refractivity contribution in [2.24, 2.45) is 0 Å². The average molecular weight is 267 g/mol. The molecule has 0 heterocycles. The molecule has 1 unspecified atom stereocenters. The molecule has 0 fully saturated rings. The van der Waals surface area contributed by atoms with Gasteiger partial charge in [-0.3, -0.25) is 9.59 Å². The van der Waals surface area contributed by atoms with Gasteiger partial charge in [0.15, 0.2) is 6.10 Å². The first-order chi connectivity index (χ1) is 9.01. The van der Waals surface area contributed by atoms with Crippen LogP contribution in [0.1, 0.15) is 31.1 Å². The topological polar surface area (TPSA) is 46.6 Å². The van der Waals surface area contributed by atoms with Crippen LogP contribution >= 0.6 is 0 Å². The highest BCUT2D eigenvalue weighted by Gasteiger charge is 2.20. The third-order valence-corrected chi connectivity index (χ3v) is 2.77. The lowest BCUT2D eigenvalue weighted by molar-refractivity contribution is -0.137. The van der Waals surface area contributed by atoms with Gasteiger partial charge in [-0.05, 0) is 32.9 Å². The summed E-state index contributed by atoms with van der Waals surface area (Å²) in [5, 5.41) is 0. The molecule has 0 aromatic heterocycles. The summed E-state index contributed by atoms with van der Waals surface area (Å²) in [6.07, 6.45) is -0.187. The summed E-state index contributed by atoms with van der Waals surface area (Å²) in [6, 6.07) is 3.66.